The molecule has 0 aromatic carbocycles. The lowest BCUT2D eigenvalue weighted by Gasteiger charge is -2.04. The minimum atomic E-state index is -3.54. The highest BCUT2D eigenvalue weighted by Crippen LogP contribution is 2.16. The van der Waals surface area contributed by atoms with E-state index in [2.05, 4.69) is 4.72 Å². The number of sulfonamides is 1. The Bertz CT molecular complexity index is 671. The molecule has 2 rings (SSSR count). The number of nitrogens with one attached hydrogen (secondary N) is 1. The van der Waals surface area contributed by atoms with Crippen molar-refractivity contribution < 1.29 is 13.5 Å². The summed E-state index contributed by atoms with van der Waals surface area (Å²) in [5.74, 6) is 0. The van der Waals surface area contributed by atoms with Crippen LogP contribution in [0.3, 0.4) is 0 Å². The monoisotopic (exact) mass is 300 g/mol. The summed E-state index contributed by atoms with van der Waals surface area (Å²) < 4.78 is 28.4. The topological polar surface area (TPSA) is 71.3 Å². The third-order valence-corrected chi connectivity index (χ3v) is 5.25. The zero-order chi connectivity index (χ0) is 14.0. The number of aromatic nitrogens is 1. The molecule has 104 valence electrons. The molecule has 0 fully saturated rings. The molecule has 0 unspecified atom stereocenters. The van der Waals surface area contributed by atoms with Crippen LogP contribution < -0.4 is 4.72 Å². The van der Waals surface area contributed by atoms with Gasteiger partial charge in [0.15, 0.2) is 0 Å². The van der Waals surface area contributed by atoms with E-state index in [-0.39, 0.29) is 18.0 Å². The molecule has 19 heavy (non-hydrogen) atoms. The van der Waals surface area contributed by atoms with Gasteiger partial charge in [0, 0.05) is 25.5 Å². The maximum atomic E-state index is 12.1. The van der Waals surface area contributed by atoms with Crippen LogP contribution in [0.5, 0.6) is 0 Å². The third kappa shape index (κ3) is 3.06. The summed E-state index contributed by atoms with van der Waals surface area (Å²) in [5.41, 5.74) is 2.62. The van der Waals surface area contributed by atoms with Gasteiger partial charge in [0.1, 0.15) is 0 Å². The van der Waals surface area contributed by atoms with Crippen LogP contribution in [0, 0.1) is 6.92 Å². The van der Waals surface area contributed by atoms with Crippen molar-refractivity contribution in [2.75, 3.05) is 0 Å². The Hall–Kier alpha value is -1.15. The van der Waals surface area contributed by atoms with Crippen molar-refractivity contribution in [2.24, 2.45) is 7.05 Å². The fraction of sp³-hybridized carbons (Fsp3) is 0.333. The van der Waals surface area contributed by atoms with E-state index >= 15 is 0 Å². The molecule has 0 saturated carbocycles. The molecule has 7 heteroatoms. The van der Waals surface area contributed by atoms with Crippen LogP contribution in [0.4, 0.5) is 0 Å². The summed E-state index contributed by atoms with van der Waals surface area (Å²) >= 11 is 1.55. The van der Waals surface area contributed by atoms with Gasteiger partial charge < -0.3 is 9.67 Å². The summed E-state index contributed by atoms with van der Waals surface area (Å²) in [6.07, 6.45) is 1.49. The van der Waals surface area contributed by atoms with Crippen molar-refractivity contribution in [1.82, 2.24) is 9.29 Å². The highest BCUT2D eigenvalue weighted by molar-refractivity contribution is 7.89. The Morgan fingerprint density at radius 3 is 2.68 bits per heavy atom. The molecule has 2 heterocycles. The first kappa shape index (κ1) is 14.3. The van der Waals surface area contributed by atoms with Gasteiger partial charge in [-0.05, 0) is 34.9 Å². The number of nitrogens with zero attached hydrogens (tertiary/aromatic N) is 1. The molecule has 2 N–H and O–H groups in total. The molecule has 2 aromatic rings. The van der Waals surface area contributed by atoms with Gasteiger partial charge >= 0.3 is 0 Å². The quantitative estimate of drug-likeness (QED) is 0.876. The largest absolute Gasteiger partial charge is 0.390 e. The lowest BCUT2D eigenvalue weighted by Crippen LogP contribution is -2.22. The molecule has 0 bridgehead atoms. The predicted molar refractivity (Wildman–Crippen MR) is 74.4 cm³/mol. The highest BCUT2D eigenvalue weighted by atomic mass is 32.2. The number of hydrogen-bond acceptors (Lipinski definition) is 4. The Labute approximate surface area is 116 Å². The fourth-order valence-corrected chi connectivity index (χ4v) is 3.66. The molecular formula is C12H16N2O3S2. The Kier molecular flexibility index (Phi) is 4.10. The Morgan fingerprint density at radius 2 is 2.16 bits per heavy atom. The Balaban J connectivity index is 2.16. The summed E-state index contributed by atoms with van der Waals surface area (Å²) in [4.78, 5) is 0.173. The van der Waals surface area contributed by atoms with Gasteiger partial charge in [0.25, 0.3) is 0 Å². The van der Waals surface area contributed by atoms with Crippen molar-refractivity contribution in [2.45, 2.75) is 25.0 Å². The van der Waals surface area contributed by atoms with Crippen LogP contribution in [0.25, 0.3) is 0 Å². The maximum absolute atomic E-state index is 12.1. The summed E-state index contributed by atoms with van der Waals surface area (Å²) in [5, 5.41) is 13.0. The van der Waals surface area contributed by atoms with E-state index in [1.54, 1.807) is 23.0 Å². The summed E-state index contributed by atoms with van der Waals surface area (Å²) in [6, 6.07) is 1.48. The van der Waals surface area contributed by atoms with E-state index < -0.39 is 10.0 Å². The number of aryl methyl sites for hydroxylation is 2. The van der Waals surface area contributed by atoms with E-state index in [9.17, 15) is 8.42 Å². The standard InChI is InChI=1S/C12H16N2O3S2/c1-9-7-18-8-10(9)4-13-19(16,17)12-3-11(6-15)14(2)5-12/h3,5,7-8,13,15H,4,6H2,1-2H3. The van der Waals surface area contributed by atoms with Crippen LogP contribution in [0.1, 0.15) is 16.8 Å². The minimum absolute atomic E-state index is 0.173. The van der Waals surface area contributed by atoms with Crippen LogP contribution in [-0.4, -0.2) is 18.1 Å². The normalized spacial score (nSPS) is 11.9. The second kappa shape index (κ2) is 5.46. The second-order valence-electron chi connectivity index (χ2n) is 4.34. The predicted octanol–water partition coefficient (Wildman–Crippen LogP) is 1.37. The number of rotatable bonds is 5. The van der Waals surface area contributed by atoms with E-state index in [4.69, 9.17) is 5.11 Å². The van der Waals surface area contributed by atoms with Gasteiger partial charge in [-0.15, -0.1) is 0 Å². The van der Waals surface area contributed by atoms with E-state index in [1.165, 1.54) is 12.3 Å². The third-order valence-electron chi connectivity index (χ3n) is 2.97. The zero-order valence-corrected chi connectivity index (χ0v) is 12.4. The molecule has 2 aromatic heterocycles. The lowest BCUT2D eigenvalue weighted by molar-refractivity contribution is 0.272. The smallest absolute Gasteiger partial charge is 0.242 e. The average molecular weight is 300 g/mol. The molecule has 0 amide bonds. The van der Waals surface area contributed by atoms with Crippen LogP contribution >= 0.6 is 11.3 Å². The first-order chi connectivity index (χ1) is 8.94. The van der Waals surface area contributed by atoms with Gasteiger partial charge in [-0.3, -0.25) is 0 Å². The number of hydrogen-bond donors (Lipinski definition) is 2. The SMILES string of the molecule is Cc1cscc1CNS(=O)(=O)c1cc(CO)n(C)c1. The van der Waals surface area contributed by atoms with Crippen LogP contribution in [0.15, 0.2) is 27.9 Å². The van der Waals surface area contributed by atoms with Crippen molar-refractivity contribution in [1.29, 1.82) is 0 Å². The molecule has 0 saturated heterocycles. The molecule has 0 atom stereocenters. The van der Waals surface area contributed by atoms with E-state index in [0.717, 1.165) is 11.1 Å². The first-order valence-electron chi connectivity index (χ1n) is 5.71. The summed E-state index contributed by atoms with van der Waals surface area (Å²) in [7, 11) is -1.84. The molecule has 0 aliphatic heterocycles. The van der Waals surface area contributed by atoms with Crippen molar-refractivity contribution in [3.63, 3.8) is 0 Å². The number of thiophene rings is 1. The first-order valence-corrected chi connectivity index (χ1v) is 8.14. The van der Waals surface area contributed by atoms with Gasteiger partial charge in [0.2, 0.25) is 10.0 Å². The molecule has 0 radical (unpaired) electrons. The van der Waals surface area contributed by atoms with Gasteiger partial charge in [-0.1, -0.05) is 0 Å². The van der Waals surface area contributed by atoms with E-state index in [0.29, 0.717) is 5.69 Å². The molecule has 0 spiro atoms. The Morgan fingerprint density at radius 1 is 1.42 bits per heavy atom. The zero-order valence-electron chi connectivity index (χ0n) is 10.8. The van der Waals surface area contributed by atoms with E-state index in [1.807, 2.05) is 17.7 Å². The van der Waals surface area contributed by atoms with Gasteiger partial charge in [0.05, 0.1) is 11.5 Å². The number of aliphatic hydroxyl groups excluding tert-OH is 1. The van der Waals surface area contributed by atoms with Gasteiger partial charge in [-0.2, -0.15) is 11.3 Å². The summed E-state index contributed by atoms with van der Waals surface area (Å²) in [6.45, 7) is 2.04. The maximum Gasteiger partial charge on any atom is 0.242 e. The fourth-order valence-electron chi connectivity index (χ4n) is 1.71. The molecule has 0 aliphatic carbocycles. The second-order valence-corrected chi connectivity index (χ2v) is 6.85. The van der Waals surface area contributed by atoms with Gasteiger partial charge in [-0.25, -0.2) is 13.1 Å². The molecular weight excluding hydrogens is 284 g/mol. The minimum Gasteiger partial charge on any atom is -0.390 e. The van der Waals surface area contributed by atoms with Crippen molar-refractivity contribution >= 4 is 21.4 Å². The number of aliphatic hydroxyl groups is 1. The lowest BCUT2D eigenvalue weighted by atomic mass is 10.2. The highest BCUT2D eigenvalue weighted by Gasteiger charge is 2.17. The molecule has 5 nitrogen and oxygen atoms in total. The van der Waals surface area contributed by atoms with Crippen molar-refractivity contribution in [3.05, 3.63) is 39.8 Å². The van der Waals surface area contributed by atoms with Crippen molar-refractivity contribution in [3.8, 4) is 0 Å². The molecule has 0 aliphatic rings. The average Bonchev–Trinajstić information content (AvgIpc) is 2.93. The van der Waals surface area contributed by atoms with Crippen LogP contribution in [0.2, 0.25) is 0 Å². The van der Waals surface area contributed by atoms with Crippen LogP contribution in [-0.2, 0) is 30.2 Å².